The van der Waals surface area contributed by atoms with Crippen LogP contribution >= 0.6 is 0 Å². The molecule has 0 atom stereocenters. The maximum atomic E-state index is 4.14. The number of para-hydroxylation sites is 2. The minimum absolute atomic E-state index is 0.899. The second-order valence-corrected chi connectivity index (χ2v) is 10.3. The van der Waals surface area contributed by atoms with E-state index in [1.54, 1.807) is 34.7 Å². The Morgan fingerprint density at radius 3 is 1.46 bits per heavy atom. The molecule has 0 aliphatic heterocycles. The highest BCUT2D eigenvalue weighted by Gasteiger charge is 2.03. The number of benzene rings is 4. The zero-order valence-corrected chi connectivity index (χ0v) is 27.2. The molecule has 240 valence electrons. The molecule has 12 nitrogen and oxygen atoms in total. The molecule has 0 bridgehead atoms. The van der Waals surface area contributed by atoms with Crippen LogP contribution in [0, 0.1) is 13.8 Å². The molecule has 0 unspecified atom stereocenters. The van der Waals surface area contributed by atoms with Crippen molar-refractivity contribution in [1.82, 2.24) is 59.1 Å². The van der Waals surface area contributed by atoms with Crippen molar-refractivity contribution in [3.63, 3.8) is 0 Å². The van der Waals surface area contributed by atoms with E-state index in [-0.39, 0.29) is 0 Å². The van der Waals surface area contributed by atoms with Crippen LogP contribution in [-0.2, 0) is 14.1 Å². The summed E-state index contributed by atoms with van der Waals surface area (Å²) in [5, 5.41) is 23.6. The van der Waals surface area contributed by atoms with Crippen molar-refractivity contribution < 1.29 is 0 Å². The average molecular weight is 637 g/mol. The third-order valence-electron chi connectivity index (χ3n) is 6.96. The van der Waals surface area contributed by atoms with Gasteiger partial charge < -0.3 is 4.57 Å². The molecule has 0 aliphatic carbocycles. The van der Waals surface area contributed by atoms with Gasteiger partial charge in [-0.1, -0.05) is 97.1 Å². The number of hydrogen-bond donors (Lipinski definition) is 0. The third-order valence-corrected chi connectivity index (χ3v) is 6.96. The monoisotopic (exact) mass is 636 g/mol. The first-order chi connectivity index (χ1) is 23.5. The van der Waals surface area contributed by atoms with Gasteiger partial charge in [-0.2, -0.15) is 10.2 Å². The third kappa shape index (κ3) is 8.79. The van der Waals surface area contributed by atoms with Crippen LogP contribution < -0.4 is 0 Å². The van der Waals surface area contributed by atoms with Crippen molar-refractivity contribution in [3.8, 4) is 34.2 Å². The standard InChI is InChI=1S/4C9H9N3/c1-12-7-10-11-9(12)8-5-3-2-4-6-8;1-12-9(10-7-11-12)8-5-3-2-4-6-8;1-8-11-10-7-12(8)9-5-3-2-4-6-9;1-8-10-7-11-12(8)9-5-3-2-4-6-9/h4*2-7H,1H3. The fourth-order valence-corrected chi connectivity index (χ4v) is 4.53. The zero-order valence-electron chi connectivity index (χ0n) is 27.2. The molecular formula is C36H36N12. The van der Waals surface area contributed by atoms with Crippen molar-refractivity contribution >= 4 is 0 Å². The first kappa shape index (κ1) is 32.8. The summed E-state index contributed by atoms with van der Waals surface area (Å²) in [4.78, 5) is 8.18. The second kappa shape index (κ2) is 16.7. The molecule has 48 heavy (non-hydrogen) atoms. The van der Waals surface area contributed by atoms with Crippen LogP contribution in [0.2, 0.25) is 0 Å². The second-order valence-electron chi connectivity index (χ2n) is 10.3. The van der Waals surface area contributed by atoms with Gasteiger partial charge in [-0.05, 0) is 38.1 Å². The van der Waals surface area contributed by atoms with Gasteiger partial charge in [0.15, 0.2) is 11.6 Å². The van der Waals surface area contributed by atoms with E-state index in [4.69, 9.17) is 0 Å². The SMILES string of the molecule is Cc1ncnn1-c1ccccc1.Cc1nncn1-c1ccccc1.Cn1cnnc1-c1ccccc1.Cn1ncnc1-c1ccccc1. The highest BCUT2D eigenvalue weighted by molar-refractivity contribution is 5.54. The summed E-state index contributed by atoms with van der Waals surface area (Å²) in [5.74, 6) is 3.61. The smallest absolute Gasteiger partial charge is 0.163 e. The molecule has 4 aromatic heterocycles. The van der Waals surface area contributed by atoms with Gasteiger partial charge in [-0.15, -0.1) is 20.4 Å². The molecule has 12 heteroatoms. The molecule has 0 spiro atoms. The summed E-state index contributed by atoms with van der Waals surface area (Å²) < 4.78 is 7.41. The van der Waals surface area contributed by atoms with Crippen molar-refractivity contribution in [2.75, 3.05) is 0 Å². The van der Waals surface area contributed by atoms with E-state index >= 15 is 0 Å². The molecule has 0 saturated carbocycles. The highest BCUT2D eigenvalue weighted by Crippen LogP contribution is 2.14. The first-order valence-electron chi connectivity index (χ1n) is 15.1. The van der Waals surface area contributed by atoms with Gasteiger partial charge in [0.25, 0.3) is 0 Å². The Hall–Kier alpha value is -6.56. The van der Waals surface area contributed by atoms with Crippen LogP contribution in [0.4, 0.5) is 0 Å². The van der Waals surface area contributed by atoms with Gasteiger partial charge in [-0.25, -0.2) is 19.3 Å². The van der Waals surface area contributed by atoms with Gasteiger partial charge in [0.1, 0.15) is 37.0 Å². The lowest BCUT2D eigenvalue weighted by atomic mass is 10.2. The molecule has 4 aromatic carbocycles. The lowest BCUT2D eigenvalue weighted by molar-refractivity contribution is 0.774. The number of nitrogens with zero attached hydrogens (tertiary/aromatic N) is 12. The highest BCUT2D eigenvalue weighted by atomic mass is 15.3. The molecule has 0 radical (unpaired) electrons. The van der Waals surface area contributed by atoms with Gasteiger partial charge in [-0.3, -0.25) is 4.57 Å². The average Bonchev–Trinajstić information content (AvgIpc) is 3.96. The molecule has 0 saturated heterocycles. The van der Waals surface area contributed by atoms with Gasteiger partial charge in [0, 0.05) is 30.9 Å². The number of rotatable bonds is 4. The fraction of sp³-hybridized carbons (Fsp3) is 0.111. The summed E-state index contributed by atoms with van der Waals surface area (Å²) >= 11 is 0. The Balaban J connectivity index is 0.000000125. The maximum absolute atomic E-state index is 4.14. The Morgan fingerprint density at radius 1 is 0.479 bits per heavy atom. The quantitative estimate of drug-likeness (QED) is 0.227. The summed E-state index contributed by atoms with van der Waals surface area (Å²) in [6.07, 6.45) is 6.53. The molecule has 0 amide bonds. The molecule has 8 aromatic rings. The van der Waals surface area contributed by atoms with E-state index in [9.17, 15) is 0 Å². The Morgan fingerprint density at radius 2 is 1.00 bits per heavy atom. The zero-order chi connectivity index (χ0) is 33.6. The van der Waals surface area contributed by atoms with E-state index < -0.39 is 0 Å². The van der Waals surface area contributed by atoms with Gasteiger partial charge in [0.05, 0.1) is 5.69 Å². The molecule has 0 aliphatic rings. The summed E-state index contributed by atoms with van der Waals surface area (Å²) in [6.45, 7) is 3.86. The van der Waals surface area contributed by atoms with Crippen LogP contribution in [0.3, 0.4) is 0 Å². The largest absolute Gasteiger partial charge is 0.317 e. The van der Waals surface area contributed by atoms with E-state index in [0.717, 1.165) is 45.8 Å². The number of aromatic nitrogens is 12. The van der Waals surface area contributed by atoms with E-state index in [0.29, 0.717) is 0 Å². The van der Waals surface area contributed by atoms with E-state index in [1.807, 2.05) is 158 Å². The van der Waals surface area contributed by atoms with Crippen LogP contribution in [0.25, 0.3) is 34.2 Å². The normalized spacial score (nSPS) is 10.1. The predicted molar refractivity (Wildman–Crippen MR) is 185 cm³/mol. The molecule has 0 N–H and O–H groups in total. The topological polar surface area (TPSA) is 123 Å². The van der Waals surface area contributed by atoms with E-state index in [1.165, 1.54) is 0 Å². The first-order valence-corrected chi connectivity index (χ1v) is 15.1. The molecule has 4 heterocycles. The van der Waals surface area contributed by atoms with Crippen LogP contribution in [0.1, 0.15) is 11.6 Å². The van der Waals surface area contributed by atoms with Crippen molar-refractivity contribution in [2.24, 2.45) is 14.1 Å². The van der Waals surface area contributed by atoms with Crippen molar-refractivity contribution in [3.05, 3.63) is 158 Å². The fourth-order valence-electron chi connectivity index (χ4n) is 4.53. The van der Waals surface area contributed by atoms with Crippen molar-refractivity contribution in [1.29, 1.82) is 0 Å². The summed E-state index contributed by atoms with van der Waals surface area (Å²) in [7, 11) is 3.82. The molecule has 8 rings (SSSR count). The van der Waals surface area contributed by atoms with E-state index in [2.05, 4.69) is 40.6 Å². The minimum atomic E-state index is 0.899. The predicted octanol–water partition coefficient (Wildman–Crippen LogP) is 6.12. The van der Waals surface area contributed by atoms with Crippen LogP contribution in [-0.4, -0.2) is 59.1 Å². The van der Waals surface area contributed by atoms with Gasteiger partial charge in [0.2, 0.25) is 0 Å². The lowest BCUT2D eigenvalue weighted by Crippen LogP contribution is -1.97. The maximum Gasteiger partial charge on any atom is 0.163 e. The summed E-state index contributed by atoms with van der Waals surface area (Å²) in [6, 6.07) is 40.0. The Kier molecular flexibility index (Phi) is 11.4. The summed E-state index contributed by atoms with van der Waals surface area (Å²) in [5.41, 5.74) is 4.34. The molecule has 0 fully saturated rings. The molecular weight excluding hydrogens is 600 g/mol. The van der Waals surface area contributed by atoms with Crippen LogP contribution in [0.15, 0.2) is 147 Å². The van der Waals surface area contributed by atoms with Crippen molar-refractivity contribution in [2.45, 2.75) is 13.8 Å². The number of hydrogen-bond acceptors (Lipinski definition) is 8. The Bertz CT molecular complexity index is 1760. The minimum Gasteiger partial charge on any atom is -0.317 e. The van der Waals surface area contributed by atoms with Crippen LogP contribution in [0.5, 0.6) is 0 Å². The Labute approximate surface area is 279 Å². The van der Waals surface area contributed by atoms with Gasteiger partial charge >= 0.3 is 0 Å². The lowest BCUT2D eigenvalue weighted by Gasteiger charge is -2.01. The number of aryl methyl sites for hydroxylation is 4.